The number of amides is 3. The summed E-state index contributed by atoms with van der Waals surface area (Å²) in [4.78, 5) is 44.3. The summed E-state index contributed by atoms with van der Waals surface area (Å²) in [7, 11) is 0. The molecule has 0 aliphatic rings. The maximum absolute atomic E-state index is 13.4. The SMILES string of the molecule is O=C(Nc1cccc(SC(C(=O)Nc2ccncc2)c2ccccc2)c1)/C(=C/c1ccco1)NC(=O)c1ccccc1. The Hall–Kier alpha value is -5.41. The summed E-state index contributed by atoms with van der Waals surface area (Å²) in [5.74, 6) is -0.755. The zero-order chi connectivity index (χ0) is 29.1. The zero-order valence-electron chi connectivity index (χ0n) is 22.3. The largest absolute Gasteiger partial charge is 0.465 e. The van der Waals surface area contributed by atoms with E-state index in [-0.39, 0.29) is 11.6 Å². The Kier molecular flexibility index (Phi) is 9.23. The lowest BCUT2D eigenvalue weighted by Crippen LogP contribution is -2.30. The van der Waals surface area contributed by atoms with E-state index in [0.29, 0.717) is 22.7 Å². The second kappa shape index (κ2) is 13.8. The highest BCUT2D eigenvalue weighted by molar-refractivity contribution is 8.00. The van der Waals surface area contributed by atoms with Crippen LogP contribution in [0.15, 0.2) is 143 Å². The number of hydrogen-bond acceptors (Lipinski definition) is 6. The Morgan fingerprint density at radius 1 is 0.762 bits per heavy atom. The van der Waals surface area contributed by atoms with Gasteiger partial charge in [-0.2, -0.15) is 0 Å². The summed E-state index contributed by atoms with van der Waals surface area (Å²) in [5.41, 5.74) is 2.38. The summed E-state index contributed by atoms with van der Waals surface area (Å²) in [6, 6.07) is 32.1. The summed E-state index contributed by atoms with van der Waals surface area (Å²) < 4.78 is 5.37. The number of pyridine rings is 1. The molecule has 0 aliphatic carbocycles. The van der Waals surface area contributed by atoms with Gasteiger partial charge in [0.1, 0.15) is 16.7 Å². The van der Waals surface area contributed by atoms with Gasteiger partial charge in [-0.05, 0) is 60.2 Å². The molecule has 2 aromatic heterocycles. The fraction of sp³-hybridized carbons (Fsp3) is 0.0303. The quantitative estimate of drug-likeness (QED) is 0.129. The third-order valence-electron chi connectivity index (χ3n) is 5.99. The normalized spacial score (nSPS) is 11.8. The average molecular weight is 575 g/mol. The highest BCUT2D eigenvalue weighted by atomic mass is 32.2. The maximum Gasteiger partial charge on any atom is 0.272 e. The van der Waals surface area contributed by atoms with Crippen LogP contribution in [-0.2, 0) is 9.59 Å². The van der Waals surface area contributed by atoms with E-state index in [1.54, 1.807) is 85.2 Å². The van der Waals surface area contributed by atoms with Crippen LogP contribution in [0.1, 0.15) is 26.9 Å². The van der Waals surface area contributed by atoms with Gasteiger partial charge >= 0.3 is 0 Å². The van der Waals surface area contributed by atoms with Crippen molar-refractivity contribution in [3.8, 4) is 0 Å². The first kappa shape index (κ1) is 28.1. The Morgan fingerprint density at radius 3 is 2.21 bits per heavy atom. The van der Waals surface area contributed by atoms with Crippen molar-refractivity contribution in [2.24, 2.45) is 0 Å². The van der Waals surface area contributed by atoms with Crippen LogP contribution >= 0.6 is 11.8 Å². The Labute approximate surface area is 246 Å². The predicted molar refractivity (Wildman–Crippen MR) is 164 cm³/mol. The van der Waals surface area contributed by atoms with Crippen molar-refractivity contribution in [3.63, 3.8) is 0 Å². The molecule has 208 valence electrons. The molecule has 0 fully saturated rings. The monoisotopic (exact) mass is 574 g/mol. The number of hydrogen-bond donors (Lipinski definition) is 3. The maximum atomic E-state index is 13.4. The van der Waals surface area contributed by atoms with Gasteiger partial charge in [-0.1, -0.05) is 54.6 Å². The van der Waals surface area contributed by atoms with Crippen LogP contribution in [0.2, 0.25) is 0 Å². The molecule has 9 heteroatoms. The van der Waals surface area contributed by atoms with Crippen molar-refractivity contribution >= 4 is 46.9 Å². The summed E-state index contributed by atoms with van der Waals surface area (Å²) in [5, 5.41) is 7.92. The molecule has 1 unspecified atom stereocenters. The predicted octanol–water partition coefficient (Wildman–Crippen LogP) is 6.56. The third kappa shape index (κ3) is 7.61. The van der Waals surface area contributed by atoms with Crippen LogP contribution in [0, 0.1) is 0 Å². The number of rotatable bonds is 10. The Balaban J connectivity index is 1.35. The molecule has 5 aromatic rings. The number of aromatic nitrogens is 1. The smallest absolute Gasteiger partial charge is 0.272 e. The fourth-order valence-corrected chi connectivity index (χ4v) is 5.07. The lowest BCUT2D eigenvalue weighted by atomic mass is 10.1. The van der Waals surface area contributed by atoms with Gasteiger partial charge in [0.15, 0.2) is 0 Å². The molecular weight excluding hydrogens is 548 g/mol. The van der Waals surface area contributed by atoms with E-state index >= 15 is 0 Å². The number of nitrogens with zero attached hydrogens (tertiary/aromatic N) is 1. The first-order valence-corrected chi connectivity index (χ1v) is 13.9. The molecule has 8 nitrogen and oxygen atoms in total. The van der Waals surface area contributed by atoms with Crippen molar-refractivity contribution in [2.75, 3.05) is 10.6 Å². The molecule has 0 bridgehead atoms. The molecule has 42 heavy (non-hydrogen) atoms. The highest BCUT2D eigenvalue weighted by Gasteiger charge is 2.23. The number of thioether (sulfide) groups is 1. The van der Waals surface area contributed by atoms with Crippen LogP contribution in [-0.4, -0.2) is 22.7 Å². The summed E-state index contributed by atoms with van der Waals surface area (Å²) in [6.07, 6.45) is 6.17. The zero-order valence-corrected chi connectivity index (χ0v) is 23.1. The molecular formula is C33H26N4O4S. The van der Waals surface area contributed by atoms with E-state index in [1.165, 1.54) is 24.1 Å². The van der Waals surface area contributed by atoms with Crippen molar-refractivity contribution < 1.29 is 18.8 Å². The van der Waals surface area contributed by atoms with Crippen molar-refractivity contribution in [1.29, 1.82) is 0 Å². The first-order valence-electron chi connectivity index (χ1n) is 13.0. The van der Waals surface area contributed by atoms with Gasteiger partial charge in [0.2, 0.25) is 5.91 Å². The highest BCUT2D eigenvalue weighted by Crippen LogP contribution is 2.37. The molecule has 0 saturated heterocycles. The number of carbonyl (C=O) groups is 3. The standard InChI is InChI=1S/C33H26N4O4S/c38-31(24-11-5-2-6-12-24)37-29(22-27-14-8-20-41-27)32(39)36-26-13-7-15-28(21-26)42-30(23-9-3-1-4-10-23)33(40)35-25-16-18-34-19-17-25/h1-22,30H,(H,36,39)(H,37,38)(H,34,35,40)/b29-22-. The van der Waals surface area contributed by atoms with Gasteiger partial charge in [-0.25, -0.2) is 0 Å². The van der Waals surface area contributed by atoms with Gasteiger partial charge in [-0.3, -0.25) is 19.4 Å². The van der Waals surface area contributed by atoms with E-state index in [0.717, 1.165) is 10.5 Å². The number of benzene rings is 3. The van der Waals surface area contributed by atoms with Crippen LogP contribution in [0.3, 0.4) is 0 Å². The molecule has 0 radical (unpaired) electrons. The van der Waals surface area contributed by atoms with E-state index in [9.17, 15) is 14.4 Å². The number of carbonyl (C=O) groups excluding carboxylic acids is 3. The van der Waals surface area contributed by atoms with Gasteiger partial charge in [0.25, 0.3) is 11.8 Å². The van der Waals surface area contributed by atoms with E-state index in [4.69, 9.17) is 4.42 Å². The number of nitrogens with one attached hydrogen (secondary N) is 3. The van der Waals surface area contributed by atoms with Crippen LogP contribution in [0.25, 0.3) is 6.08 Å². The van der Waals surface area contributed by atoms with E-state index in [1.807, 2.05) is 36.4 Å². The lowest BCUT2D eigenvalue weighted by Gasteiger charge is -2.18. The van der Waals surface area contributed by atoms with Crippen LogP contribution < -0.4 is 16.0 Å². The number of furan rings is 1. The van der Waals surface area contributed by atoms with Crippen LogP contribution in [0.5, 0.6) is 0 Å². The molecule has 0 aliphatic heterocycles. The first-order chi connectivity index (χ1) is 20.5. The van der Waals surface area contributed by atoms with Gasteiger partial charge in [0.05, 0.1) is 6.26 Å². The molecule has 3 aromatic carbocycles. The minimum Gasteiger partial charge on any atom is -0.465 e. The third-order valence-corrected chi connectivity index (χ3v) is 7.24. The minimum atomic E-state index is -0.565. The average Bonchev–Trinajstić information content (AvgIpc) is 3.54. The summed E-state index contributed by atoms with van der Waals surface area (Å²) >= 11 is 1.35. The van der Waals surface area contributed by atoms with Crippen molar-refractivity contribution in [2.45, 2.75) is 10.1 Å². The van der Waals surface area contributed by atoms with Crippen molar-refractivity contribution in [1.82, 2.24) is 10.3 Å². The molecule has 3 amide bonds. The second-order valence-electron chi connectivity index (χ2n) is 9.01. The molecule has 2 heterocycles. The number of anilines is 2. The van der Waals surface area contributed by atoms with E-state index in [2.05, 4.69) is 20.9 Å². The van der Waals surface area contributed by atoms with Gasteiger partial charge < -0.3 is 20.4 Å². The van der Waals surface area contributed by atoms with E-state index < -0.39 is 17.1 Å². The molecule has 3 N–H and O–H groups in total. The van der Waals surface area contributed by atoms with Crippen LogP contribution in [0.4, 0.5) is 11.4 Å². The lowest BCUT2D eigenvalue weighted by molar-refractivity contribution is -0.116. The topological polar surface area (TPSA) is 113 Å². The van der Waals surface area contributed by atoms with Crippen molar-refractivity contribution in [3.05, 3.63) is 150 Å². The second-order valence-corrected chi connectivity index (χ2v) is 10.2. The molecule has 1 atom stereocenters. The van der Waals surface area contributed by atoms with Gasteiger partial charge in [0, 0.05) is 40.3 Å². The molecule has 5 rings (SSSR count). The summed E-state index contributed by atoms with van der Waals surface area (Å²) in [6.45, 7) is 0. The fourth-order valence-electron chi connectivity index (χ4n) is 3.98. The minimum absolute atomic E-state index is 0.00995. The Morgan fingerprint density at radius 2 is 1.50 bits per heavy atom. The van der Waals surface area contributed by atoms with Gasteiger partial charge in [-0.15, -0.1) is 11.8 Å². The molecule has 0 saturated carbocycles. The Bertz CT molecular complexity index is 1680. The molecule has 0 spiro atoms.